The minimum absolute atomic E-state index is 0.390. The number of aromatic amines is 1. The number of imidazole rings is 1. The molecule has 3 heterocycles. The summed E-state index contributed by atoms with van der Waals surface area (Å²) in [4.78, 5) is 26.7. The van der Waals surface area contributed by atoms with Crippen molar-refractivity contribution in [2.75, 3.05) is 39.6 Å². The molecule has 0 bridgehead atoms. The second-order valence-corrected chi connectivity index (χ2v) is 8.41. The van der Waals surface area contributed by atoms with Crippen molar-refractivity contribution in [1.29, 1.82) is 0 Å². The van der Waals surface area contributed by atoms with Crippen molar-refractivity contribution in [3.05, 3.63) is 42.2 Å². The van der Waals surface area contributed by atoms with Crippen LogP contribution in [0.25, 0.3) is 33.3 Å². The number of alkyl carbamates (subject to hydrolysis) is 1. The number of unbranched alkanes of at least 4 members (excludes halogenated alkanes) is 1. The highest BCUT2D eigenvalue weighted by molar-refractivity contribution is 6.07. The third-order valence-corrected chi connectivity index (χ3v) is 5.58. The molecule has 3 N–H and O–H groups in total. The molecule has 9 nitrogen and oxygen atoms in total. The van der Waals surface area contributed by atoms with Gasteiger partial charge in [-0.3, -0.25) is 0 Å². The Bertz CT molecular complexity index is 1260. The summed E-state index contributed by atoms with van der Waals surface area (Å²) in [6.07, 6.45) is 3.27. The van der Waals surface area contributed by atoms with Crippen molar-refractivity contribution >= 4 is 34.0 Å². The fourth-order valence-corrected chi connectivity index (χ4v) is 3.90. The first kappa shape index (κ1) is 22.6. The average Bonchev–Trinajstić information content (AvgIpc) is 3.40. The van der Waals surface area contributed by atoms with Gasteiger partial charge in [0.1, 0.15) is 11.2 Å². The Labute approximate surface area is 193 Å². The van der Waals surface area contributed by atoms with E-state index in [1.807, 2.05) is 51.0 Å². The van der Waals surface area contributed by atoms with Gasteiger partial charge in [-0.2, -0.15) is 0 Å². The third-order valence-electron chi connectivity index (χ3n) is 5.58. The number of benzene rings is 1. The lowest BCUT2D eigenvalue weighted by Crippen LogP contribution is -2.24. The number of rotatable bonds is 9. The quantitative estimate of drug-likeness (QED) is 0.337. The number of anilines is 1. The Hall–Kier alpha value is -3.59. The molecule has 33 heavy (non-hydrogen) atoms. The Kier molecular flexibility index (Phi) is 6.79. The number of aryl methyl sites for hydroxylation is 1. The van der Waals surface area contributed by atoms with Gasteiger partial charge < -0.3 is 29.8 Å². The standard InChI is InChI=1S/C24H31N7O2/c1-25-23-20-21(31(4)15-27-20)18-13-19(28-22(18)29-23)17-9-7-8-16(12-17)14-26-24(32)33-11-6-5-10-30(2)3/h7-9,12-13,15H,5-6,10-11,14H2,1-4H3,(H,26,32)(H2,25,28,29). The summed E-state index contributed by atoms with van der Waals surface area (Å²) < 4.78 is 7.27. The lowest BCUT2D eigenvalue weighted by atomic mass is 10.1. The number of hydrogen-bond acceptors (Lipinski definition) is 6. The Morgan fingerprint density at radius 1 is 1.24 bits per heavy atom. The van der Waals surface area contributed by atoms with E-state index in [2.05, 4.69) is 37.6 Å². The van der Waals surface area contributed by atoms with Gasteiger partial charge in [0.15, 0.2) is 5.82 Å². The number of nitrogens with one attached hydrogen (secondary N) is 3. The van der Waals surface area contributed by atoms with Gasteiger partial charge in [0.2, 0.25) is 0 Å². The largest absolute Gasteiger partial charge is 0.450 e. The molecule has 0 fully saturated rings. The van der Waals surface area contributed by atoms with Crippen LogP contribution in [-0.4, -0.2) is 64.8 Å². The first-order valence-corrected chi connectivity index (χ1v) is 11.1. The van der Waals surface area contributed by atoms with Gasteiger partial charge >= 0.3 is 6.09 Å². The molecule has 1 aromatic carbocycles. The van der Waals surface area contributed by atoms with E-state index >= 15 is 0 Å². The molecule has 3 aromatic heterocycles. The number of hydrogen-bond donors (Lipinski definition) is 3. The predicted molar refractivity (Wildman–Crippen MR) is 131 cm³/mol. The van der Waals surface area contributed by atoms with Crippen LogP contribution in [0.4, 0.5) is 10.6 Å². The lowest BCUT2D eigenvalue weighted by Gasteiger charge is -2.10. The number of ether oxygens (including phenoxy) is 1. The number of amides is 1. The maximum atomic E-state index is 12.0. The van der Waals surface area contributed by atoms with E-state index in [4.69, 9.17) is 9.72 Å². The number of pyridine rings is 1. The zero-order valence-corrected chi connectivity index (χ0v) is 19.6. The SMILES string of the molecule is CNc1nc2[nH]c(-c3cccc(CNC(=O)OCCCCN(C)C)c3)cc2c2c1ncn2C. The van der Waals surface area contributed by atoms with Gasteiger partial charge in [0.25, 0.3) is 0 Å². The van der Waals surface area contributed by atoms with E-state index in [9.17, 15) is 4.79 Å². The van der Waals surface area contributed by atoms with Crippen molar-refractivity contribution in [1.82, 2.24) is 29.7 Å². The van der Waals surface area contributed by atoms with E-state index in [-0.39, 0.29) is 0 Å². The zero-order chi connectivity index (χ0) is 23.4. The first-order chi connectivity index (χ1) is 16.0. The molecule has 0 aliphatic carbocycles. The highest BCUT2D eigenvalue weighted by atomic mass is 16.5. The summed E-state index contributed by atoms with van der Waals surface area (Å²) in [5.41, 5.74) is 5.63. The maximum Gasteiger partial charge on any atom is 0.407 e. The molecular formula is C24H31N7O2. The molecule has 4 aromatic rings. The second kappa shape index (κ2) is 9.91. The molecule has 0 atom stereocenters. The van der Waals surface area contributed by atoms with Gasteiger partial charge in [0, 0.05) is 31.7 Å². The van der Waals surface area contributed by atoms with Crippen molar-refractivity contribution in [2.45, 2.75) is 19.4 Å². The summed E-state index contributed by atoms with van der Waals surface area (Å²) in [7, 11) is 7.89. The fraction of sp³-hybridized carbons (Fsp3) is 0.375. The van der Waals surface area contributed by atoms with Gasteiger partial charge in [-0.15, -0.1) is 0 Å². The minimum atomic E-state index is -0.390. The molecule has 1 amide bonds. The van der Waals surface area contributed by atoms with E-state index in [0.717, 1.165) is 64.1 Å². The number of aromatic nitrogens is 4. The number of carbonyl (C=O) groups is 1. The number of carbonyl (C=O) groups excluding carboxylic acids is 1. The molecule has 0 aliphatic rings. The Balaban J connectivity index is 1.45. The van der Waals surface area contributed by atoms with Gasteiger partial charge in [-0.25, -0.2) is 14.8 Å². The van der Waals surface area contributed by atoms with Gasteiger partial charge in [-0.05, 0) is 56.7 Å². The number of fused-ring (bicyclic) bond motifs is 3. The summed E-state index contributed by atoms with van der Waals surface area (Å²) >= 11 is 0. The van der Waals surface area contributed by atoms with E-state index in [1.54, 1.807) is 6.33 Å². The minimum Gasteiger partial charge on any atom is -0.450 e. The third kappa shape index (κ3) is 5.09. The summed E-state index contributed by atoms with van der Waals surface area (Å²) in [5.74, 6) is 0.740. The van der Waals surface area contributed by atoms with Crippen molar-refractivity contribution in [3.8, 4) is 11.3 Å². The monoisotopic (exact) mass is 449 g/mol. The van der Waals surface area contributed by atoms with Crippen molar-refractivity contribution < 1.29 is 9.53 Å². The molecule has 0 radical (unpaired) electrons. The Morgan fingerprint density at radius 2 is 2.09 bits per heavy atom. The lowest BCUT2D eigenvalue weighted by molar-refractivity contribution is 0.142. The fourth-order valence-electron chi connectivity index (χ4n) is 3.90. The van der Waals surface area contributed by atoms with E-state index < -0.39 is 6.09 Å². The summed E-state index contributed by atoms with van der Waals surface area (Å²) in [5, 5.41) is 6.97. The van der Waals surface area contributed by atoms with Crippen LogP contribution < -0.4 is 10.6 Å². The molecule has 0 saturated carbocycles. The highest BCUT2D eigenvalue weighted by Crippen LogP contribution is 2.31. The van der Waals surface area contributed by atoms with Crippen LogP contribution in [0.3, 0.4) is 0 Å². The molecule has 0 spiro atoms. The smallest absolute Gasteiger partial charge is 0.407 e. The molecule has 4 rings (SSSR count). The average molecular weight is 450 g/mol. The number of H-pyrrole nitrogens is 1. The predicted octanol–water partition coefficient (Wildman–Crippen LogP) is 3.73. The molecule has 174 valence electrons. The van der Waals surface area contributed by atoms with Crippen molar-refractivity contribution in [3.63, 3.8) is 0 Å². The molecule has 0 unspecified atom stereocenters. The molecular weight excluding hydrogens is 418 g/mol. The summed E-state index contributed by atoms with van der Waals surface area (Å²) in [6.45, 7) is 1.82. The van der Waals surface area contributed by atoms with Crippen LogP contribution >= 0.6 is 0 Å². The van der Waals surface area contributed by atoms with Crippen LogP contribution in [0.2, 0.25) is 0 Å². The van der Waals surface area contributed by atoms with Crippen LogP contribution in [0.1, 0.15) is 18.4 Å². The van der Waals surface area contributed by atoms with Gasteiger partial charge in [0.05, 0.1) is 18.5 Å². The van der Waals surface area contributed by atoms with E-state index in [0.29, 0.717) is 13.2 Å². The van der Waals surface area contributed by atoms with Crippen molar-refractivity contribution in [2.24, 2.45) is 7.05 Å². The van der Waals surface area contributed by atoms with Crippen LogP contribution in [0, 0.1) is 0 Å². The van der Waals surface area contributed by atoms with Crippen LogP contribution in [0.15, 0.2) is 36.7 Å². The maximum absolute atomic E-state index is 12.0. The zero-order valence-electron chi connectivity index (χ0n) is 19.6. The normalized spacial score (nSPS) is 11.4. The van der Waals surface area contributed by atoms with Crippen LogP contribution in [-0.2, 0) is 18.3 Å². The van der Waals surface area contributed by atoms with Crippen LogP contribution in [0.5, 0.6) is 0 Å². The second-order valence-electron chi connectivity index (χ2n) is 8.41. The summed E-state index contributed by atoms with van der Waals surface area (Å²) in [6, 6.07) is 10.2. The molecule has 9 heteroatoms. The topological polar surface area (TPSA) is 100 Å². The molecule has 0 saturated heterocycles. The first-order valence-electron chi connectivity index (χ1n) is 11.1. The van der Waals surface area contributed by atoms with Gasteiger partial charge in [-0.1, -0.05) is 18.2 Å². The van der Waals surface area contributed by atoms with E-state index in [1.165, 1.54) is 0 Å². The Morgan fingerprint density at radius 3 is 2.88 bits per heavy atom. The molecule has 0 aliphatic heterocycles. The number of nitrogens with zero attached hydrogens (tertiary/aromatic N) is 4. The highest BCUT2D eigenvalue weighted by Gasteiger charge is 2.15.